The van der Waals surface area contributed by atoms with Crippen LogP contribution in [-0.4, -0.2) is 37.7 Å². The van der Waals surface area contributed by atoms with Crippen LogP contribution in [0.3, 0.4) is 0 Å². The highest BCUT2D eigenvalue weighted by molar-refractivity contribution is 5.21. The monoisotopic (exact) mass is 294 g/mol. The van der Waals surface area contributed by atoms with Gasteiger partial charge in [-0.05, 0) is 44.8 Å². The number of piperidine rings is 1. The number of likely N-dealkylation sites (tertiary alicyclic amines) is 1. The van der Waals surface area contributed by atoms with Crippen molar-refractivity contribution in [1.29, 1.82) is 0 Å². The number of hydrogen-bond donors (Lipinski definition) is 1. The minimum Gasteiger partial charge on any atom is -0.465 e. The fourth-order valence-corrected chi connectivity index (χ4v) is 3.01. The van der Waals surface area contributed by atoms with Gasteiger partial charge in [0.2, 0.25) is 0 Å². The number of nitrogens with one attached hydrogen (secondary N) is 1. The first-order chi connectivity index (χ1) is 10.1. The van der Waals surface area contributed by atoms with E-state index in [0.29, 0.717) is 12.0 Å². The Balaban J connectivity index is 1.90. The molecule has 21 heavy (non-hydrogen) atoms. The zero-order valence-corrected chi connectivity index (χ0v) is 13.9. The molecule has 0 aromatic carbocycles. The predicted octanol–water partition coefficient (Wildman–Crippen LogP) is 2.94. The minimum absolute atomic E-state index is 0.358. The summed E-state index contributed by atoms with van der Waals surface area (Å²) in [4.78, 5) is 2.48. The summed E-state index contributed by atoms with van der Waals surface area (Å²) >= 11 is 0. The lowest BCUT2D eigenvalue weighted by molar-refractivity contribution is -0.00755. The fourth-order valence-electron chi connectivity index (χ4n) is 3.01. The molecule has 2 atom stereocenters. The molecule has 2 unspecified atom stereocenters. The lowest BCUT2D eigenvalue weighted by Gasteiger charge is -2.36. The standard InChI is InChI=1S/C17H30N2O2/c1-5-7-18-10-16-9-15(14(3)21-16)11-19-8-6-13(2)17(12-19)20-4/h9,13,17-18H,5-8,10-12H2,1-4H3. The van der Waals surface area contributed by atoms with Crippen LogP contribution < -0.4 is 5.32 Å². The van der Waals surface area contributed by atoms with Crippen molar-refractivity contribution in [3.63, 3.8) is 0 Å². The molecule has 0 bridgehead atoms. The van der Waals surface area contributed by atoms with E-state index in [-0.39, 0.29) is 0 Å². The molecule has 1 N–H and O–H groups in total. The molecule has 2 rings (SSSR count). The van der Waals surface area contributed by atoms with Gasteiger partial charge in [-0.3, -0.25) is 4.90 Å². The van der Waals surface area contributed by atoms with Crippen LogP contribution in [0.2, 0.25) is 0 Å². The third-order valence-electron chi connectivity index (χ3n) is 4.47. The van der Waals surface area contributed by atoms with Gasteiger partial charge in [-0.2, -0.15) is 0 Å². The van der Waals surface area contributed by atoms with Crippen molar-refractivity contribution >= 4 is 0 Å². The number of hydrogen-bond acceptors (Lipinski definition) is 4. The number of ether oxygens (including phenoxy) is 1. The molecule has 1 aromatic heterocycles. The maximum Gasteiger partial charge on any atom is 0.118 e. The van der Waals surface area contributed by atoms with E-state index in [2.05, 4.69) is 37.1 Å². The summed E-state index contributed by atoms with van der Waals surface area (Å²) in [5, 5.41) is 3.39. The van der Waals surface area contributed by atoms with E-state index in [1.165, 1.54) is 12.0 Å². The van der Waals surface area contributed by atoms with Crippen molar-refractivity contribution < 1.29 is 9.15 Å². The summed E-state index contributed by atoms with van der Waals surface area (Å²) in [5.41, 5.74) is 1.31. The summed E-state index contributed by atoms with van der Waals surface area (Å²) in [5.74, 6) is 2.76. The van der Waals surface area contributed by atoms with Crippen molar-refractivity contribution in [2.75, 3.05) is 26.7 Å². The molecule has 0 amide bonds. The maximum absolute atomic E-state index is 5.86. The smallest absolute Gasteiger partial charge is 0.118 e. The third-order valence-corrected chi connectivity index (χ3v) is 4.47. The SMILES string of the molecule is CCCNCc1cc(CN2CCC(C)C(OC)C2)c(C)o1. The summed E-state index contributed by atoms with van der Waals surface area (Å²) in [6, 6.07) is 2.21. The number of methoxy groups -OCH3 is 1. The summed E-state index contributed by atoms with van der Waals surface area (Å²) in [6.45, 7) is 11.5. The van der Waals surface area contributed by atoms with Gasteiger partial charge in [-0.1, -0.05) is 13.8 Å². The second-order valence-electron chi connectivity index (χ2n) is 6.25. The van der Waals surface area contributed by atoms with Crippen molar-refractivity contribution in [2.45, 2.75) is 52.8 Å². The van der Waals surface area contributed by atoms with E-state index in [9.17, 15) is 0 Å². The van der Waals surface area contributed by atoms with Crippen LogP contribution in [0.5, 0.6) is 0 Å². The van der Waals surface area contributed by atoms with Crippen LogP contribution in [0.4, 0.5) is 0 Å². The Kier molecular flexibility index (Phi) is 6.27. The van der Waals surface area contributed by atoms with Crippen molar-refractivity contribution in [2.24, 2.45) is 5.92 Å². The highest BCUT2D eigenvalue weighted by Gasteiger charge is 2.26. The molecular formula is C17H30N2O2. The molecular weight excluding hydrogens is 264 g/mol. The van der Waals surface area contributed by atoms with E-state index in [4.69, 9.17) is 9.15 Å². The Morgan fingerprint density at radius 1 is 1.48 bits per heavy atom. The van der Waals surface area contributed by atoms with Crippen LogP contribution in [0.25, 0.3) is 0 Å². The highest BCUT2D eigenvalue weighted by Crippen LogP contribution is 2.23. The number of nitrogens with zero attached hydrogens (tertiary/aromatic N) is 1. The van der Waals surface area contributed by atoms with Gasteiger partial charge in [-0.25, -0.2) is 0 Å². The van der Waals surface area contributed by atoms with E-state index in [1.807, 2.05) is 7.11 Å². The molecule has 4 nitrogen and oxygen atoms in total. The molecule has 1 fully saturated rings. The highest BCUT2D eigenvalue weighted by atomic mass is 16.5. The summed E-state index contributed by atoms with van der Waals surface area (Å²) < 4.78 is 11.5. The lowest BCUT2D eigenvalue weighted by Crippen LogP contribution is -2.43. The maximum atomic E-state index is 5.86. The van der Waals surface area contributed by atoms with E-state index < -0.39 is 0 Å². The summed E-state index contributed by atoms with van der Waals surface area (Å²) in [7, 11) is 1.82. The van der Waals surface area contributed by atoms with Gasteiger partial charge in [0.05, 0.1) is 12.6 Å². The van der Waals surface area contributed by atoms with Gasteiger partial charge >= 0.3 is 0 Å². The normalized spacial score (nSPS) is 23.6. The van der Waals surface area contributed by atoms with Gasteiger partial charge in [0.1, 0.15) is 11.5 Å². The van der Waals surface area contributed by atoms with Crippen LogP contribution in [0, 0.1) is 12.8 Å². The molecule has 0 radical (unpaired) electrons. The Morgan fingerprint density at radius 2 is 2.29 bits per heavy atom. The first-order valence-corrected chi connectivity index (χ1v) is 8.18. The first-order valence-electron chi connectivity index (χ1n) is 8.18. The zero-order valence-electron chi connectivity index (χ0n) is 13.9. The molecule has 4 heteroatoms. The van der Waals surface area contributed by atoms with E-state index in [0.717, 1.165) is 50.7 Å². The van der Waals surface area contributed by atoms with Crippen molar-refractivity contribution in [1.82, 2.24) is 10.2 Å². The fraction of sp³-hybridized carbons (Fsp3) is 0.765. The van der Waals surface area contributed by atoms with Crippen LogP contribution in [-0.2, 0) is 17.8 Å². The Hall–Kier alpha value is -0.840. The average molecular weight is 294 g/mol. The topological polar surface area (TPSA) is 37.6 Å². The zero-order chi connectivity index (χ0) is 15.2. The molecule has 120 valence electrons. The van der Waals surface area contributed by atoms with Crippen LogP contribution in [0.1, 0.15) is 43.8 Å². The molecule has 1 aliphatic heterocycles. The van der Waals surface area contributed by atoms with Gasteiger partial charge in [0.15, 0.2) is 0 Å². The number of furan rings is 1. The number of rotatable bonds is 7. The van der Waals surface area contributed by atoms with Gasteiger partial charge < -0.3 is 14.5 Å². The molecule has 1 saturated heterocycles. The quantitative estimate of drug-likeness (QED) is 0.785. The second kappa shape index (κ2) is 7.97. The van der Waals surface area contributed by atoms with Gasteiger partial charge in [0, 0.05) is 25.8 Å². The average Bonchev–Trinajstić information content (AvgIpc) is 2.81. The van der Waals surface area contributed by atoms with Crippen LogP contribution >= 0.6 is 0 Å². The molecule has 0 spiro atoms. The van der Waals surface area contributed by atoms with E-state index in [1.54, 1.807) is 0 Å². The lowest BCUT2D eigenvalue weighted by atomic mass is 9.95. The molecule has 2 heterocycles. The van der Waals surface area contributed by atoms with E-state index >= 15 is 0 Å². The summed E-state index contributed by atoms with van der Waals surface area (Å²) in [6.07, 6.45) is 2.72. The second-order valence-corrected chi connectivity index (χ2v) is 6.25. The Labute approximate surface area is 128 Å². The third kappa shape index (κ3) is 4.56. The molecule has 0 saturated carbocycles. The van der Waals surface area contributed by atoms with Gasteiger partial charge in [-0.15, -0.1) is 0 Å². The largest absolute Gasteiger partial charge is 0.465 e. The predicted molar refractivity (Wildman–Crippen MR) is 85.3 cm³/mol. The number of aryl methyl sites for hydroxylation is 1. The van der Waals surface area contributed by atoms with Crippen molar-refractivity contribution in [3.8, 4) is 0 Å². The molecule has 1 aliphatic rings. The minimum atomic E-state index is 0.358. The van der Waals surface area contributed by atoms with Gasteiger partial charge in [0.25, 0.3) is 0 Å². The van der Waals surface area contributed by atoms with Crippen LogP contribution in [0.15, 0.2) is 10.5 Å². The first kappa shape index (κ1) is 16.5. The Bertz CT molecular complexity index is 430. The molecule has 0 aliphatic carbocycles. The Morgan fingerprint density at radius 3 is 3.00 bits per heavy atom. The molecule has 1 aromatic rings. The van der Waals surface area contributed by atoms with Crippen molar-refractivity contribution in [3.05, 3.63) is 23.2 Å².